The summed E-state index contributed by atoms with van der Waals surface area (Å²) >= 11 is 7.80. The van der Waals surface area contributed by atoms with Crippen LogP contribution < -0.4 is 16.0 Å². The molecule has 0 unspecified atom stereocenters. The van der Waals surface area contributed by atoms with Crippen LogP contribution >= 0.6 is 22.9 Å². The van der Waals surface area contributed by atoms with Gasteiger partial charge in [-0.1, -0.05) is 87.9 Å². The van der Waals surface area contributed by atoms with Crippen LogP contribution in [0.4, 0.5) is 0 Å². The number of allylic oxidation sites excluding steroid dienone is 3. The van der Waals surface area contributed by atoms with Crippen LogP contribution in [-0.2, 0) is 22.7 Å². The topological polar surface area (TPSA) is 137 Å². The monoisotopic (exact) mass is 906 g/mol. The molecule has 0 aliphatic carbocycles. The number of piperidine rings is 1. The van der Waals surface area contributed by atoms with Gasteiger partial charge in [0, 0.05) is 83.4 Å². The number of phenolic OH excluding ortho intramolecular Hbond substituents is 1. The number of fused-ring (bicyclic) bond motifs is 3. The molecule has 1 saturated heterocycles. The van der Waals surface area contributed by atoms with E-state index in [1.54, 1.807) is 23.5 Å². The molecular formula is C51H67ClN8O3S. The van der Waals surface area contributed by atoms with Crippen LogP contribution in [-0.4, -0.2) is 74.5 Å². The van der Waals surface area contributed by atoms with Crippen LogP contribution in [0.5, 0.6) is 5.75 Å². The molecule has 6 rings (SSSR count). The number of phenols is 1. The molecule has 0 spiro atoms. The van der Waals surface area contributed by atoms with E-state index >= 15 is 0 Å². The van der Waals surface area contributed by atoms with Crippen LogP contribution in [0.15, 0.2) is 78.5 Å². The second-order valence-corrected chi connectivity index (χ2v) is 17.4. The summed E-state index contributed by atoms with van der Waals surface area (Å²) in [6, 6.07) is 12.0. The number of nitrogens with zero attached hydrogens (tertiary/aromatic N) is 5. The highest BCUT2D eigenvalue weighted by Gasteiger charge is 2.26. The molecule has 4 heterocycles. The van der Waals surface area contributed by atoms with Gasteiger partial charge in [0.25, 0.3) is 0 Å². The Hall–Kier alpha value is -5.48. The van der Waals surface area contributed by atoms with Crippen molar-refractivity contribution in [1.82, 2.24) is 35.6 Å². The summed E-state index contributed by atoms with van der Waals surface area (Å²) in [5.41, 5.74) is 7.97. The number of carbonyl (C=O) groups excluding carboxylic acids is 2. The Morgan fingerprint density at radius 1 is 0.984 bits per heavy atom. The van der Waals surface area contributed by atoms with E-state index in [1.807, 2.05) is 70.2 Å². The predicted octanol–water partition coefficient (Wildman–Crippen LogP) is 9.74. The average Bonchev–Trinajstić information content (AvgIpc) is 3.73. The Morgan fingerprint density at radius 3 is 2.38 bits per heavy atom. The fourth-order valence-corrected chi connectivity index (χ4v) is 8.89. The van der Waals surface area contributed by atoms with Gasteiger partial charge in [-0.05, 0) is 101 Å². The maximum Gasteiger partial charge on any atom is 0.220 e. The molecule has 0 bridgehead atoms. The van der Waals surface area contributed by atoms with E-state index in [0.29, 0.717) is 31.8 Å². The molecule has 2 amide bonds. The number of thiophene rings is 1. The second kappa shape index (κ2) is 26.3. The van der Waals surface area contributed by atoms with E-state index in [4.69, 9.17) is 16.6 Å². The van der Waals surface area contributed by atoms with E-state index in [-0.39, 0.29) is 17.9 Å². The maximum atomic E-state index is 12.4. The third-order valence-electron chi connectivity index (χ3n) is 11.0. The molecule has 64 heavy (non-hydrogen) atoms. The minimum atomic E-state index is 0.0189. The number of amides is 2. The number of benzene rings is 2. The summed E-state index contributed by atoms with van der Waals surface area (Å²) in [7, 11) is 0. The van der Waals surface area contributed by atoms with Crippen molar-refractivity contribution in [3.8, 4) is 22.6 Å². The smallest absolute Gasteiger partial charge is 0.220 e. The first-order chi connectivity index (χ1) is 30.9. The summed E-state index contributed by atoms with van der Waals surface area (Å²) in [6.45, 7) is 25.3. The highest BCUT2D eigenvalue weighted by atomic mass is 35.5. The van der Waals surface area contributed by atoms with Crippen molar-refractivity contribution >= 4 is 40.5 Å². The number of likely N-dealkylation sites (tertiary alicyclic amines) is 1. The van der Waals surface area contributed by atoms with Crippen molar-refractivity contribution in [1.29, 1.82) is 0 Å². The molecule has 11 nitrogen and oxygen atoms in total. The van der Waals surface area contributed by atoms with Gasteiger partial charge in [-0.15, -0.1) is 21.5 Å². The van der Waals surface area contributed by atoms with Crippen LogP contribution in [0.1, 0.15) is 122 Å². The van der Waals surface area contributed by atoms with E-state index in [1.165, 1.54) is 22.9 Å². The average molecular weight is 908 g/mol. The number of hydrogen-bond donors (Lipinski definition) is 4. The number of hydrogen-bond acceptors (Lipinski definition) is 9. The highest BCUT2D eigenvalue weighted by molar-refractivity contribution is 7.15. The number of aromatic nitrogens is 3. The van der Waals surface area contributed by atoms with Crippen LogP contribution in [0.2, 0.25) is 5.02 Å². The van der Waals surface area contributed by atoms with Crippen molar-refractivity contribution in [3.63, 3.8) is 0 Å². The maximum absolute atomic E-state index is 12.4. The van der Waals surface area contributed by atoms with Gasteiger partial charge < -0.3 is 21.1 Å². The molecule has 2 aliphatic heterocycles. The normalized spacial score (nSPS) is 13.5. The molecular weight excluding hydrogens is 840 g/mol. The van der Waals surface area contributed by atoms with E-state index in [0.717, 1.165) is 120 Å². The standard InChI is InChI=1S/C32H46N4O3.C17H15ClN4S.C2H6/c1-5-13-29(6-2)34-19-12-14-27-22-25(3)32(39)28(23-27)24-36-20-16-30(17-21-36)35-31(38)15-10-8-7-9-11-18-33-26(4)37;1-9-10(2)23-17-15(9)16(12-4-6-13(18)7-5-12)19-8-14-21-20-11(3)22(14)17;1-2/h5-6,13,22-23,30,34,39H,1-2,7-11,15-21,24H2,3-4H3,(H,33,37)(H,35,38);4-7H,8H2,1-3H3;1-2H3/b29-13+;;. The largest absolute Gasteiger partial charge is 0.507 e. The van der Waals surface area contributed by atoms with E-state index < -0.39 is 0 Å². The molecule has 13 heteroatoms. The summed E-state index contributed by atoms with van der Waals surface area (Å²) in [5, 5.41) is 30.3. The van der Waals surface area contributed by atoms with Gasteiger partial charge in [0.2, 0.25) is 11.8 Å². The van der Waals surface area contributed by atoms with Crippen molar-refractivity contribution in [2.75, 3.05) is 26.2 Å². The quantitative estimate of drug-likeness (QED) is 0.0500. The molecule has 4 N–H and O–H groups in total. The molecule has 0 radical (unpaired) electrons. The third kappa shape index (κ3) is 15.1. The zero-order chi connectivity index (χ0) is 46.6. The number of aromatic hydroxyl groups is 1. The Bertz CT molecular complexity index is 2320. The Kier molecular flexibility index (Phi) is 21.1. The molecule has 0 atom stereocenters. The van der Waals surface area contributed by atoms with Crippen LogP contribution in [0.3, 0.4) is 0 Å². The zero-order valence-corrected chi connectivity index (χ0v) is 40.4. The van der Waals surface area contributed by atoms with Crippen LogP contribution in [0.25, 0.3) is 5.00 Å². The molecule has 0 saturated carbocycles. The van der Waals surface area contributed by atoms with Gasteiger partial charge in [-0.3, -0.25) is 24.0 Å². The van der Waals surface area contributed by atoms with Gasteiger partial charge in [0.15, 0.2) is 5.82 Å². The number of halogens is 1. The summed E-state index contributed by atoms with van der Waals surface area (Å²) in [6.07, 6.45) is 12.7. The minimum absolute atomic E-state index is 0.0189. The lowest BCUT2D eigenvalue weighted by Crippen LogP contribution is -2.44. The lowest BCUT2D eigenvalue weighted by atomic mass is 10.00. The summed E-state index contributed by atoms with van der Waals surface area (Å²) in [4.78, 5) is 31.7. The number of nitrogens with one attached hydrogen (secondary N) is 3. The molecule has 1 fully saturated rings. The first kappa shape index (κ1) is 51.2. The number of aliphatic imine (C=N–C) groups is 1. The zero-order valence-electron chi connectivity index (χ0n) is 38.9. The number of carbonyl (C=O) groups is 2. The van der Waals surface area contributed by atoms with E-state index in [9.17, 15) is 14.7 Å². The lowest BCUT2D eigenvalue weighted by Gasteiger charge is -2.32. The molecule has 2 aromatic heterocycles. The van der Waals surface area contributed by atoms with Gasteiger partial charge in [0.05, 0.1) is 12.3 Å². The molecule has 342 valence electrons. The first-order valence-electron chi connectivity index (χ1n) is 22.5. The number of rotatable bonds is 16. The van der Waals surface area contributed by atoms with Gasteiger partial charge >= 0.3 is 0 Å². The fourth-order valence-electron chi connectivity index (χ4n) is 7.54. The first-order valence-corrected chi connectivity index (χ1v) is 23.7. The number of aryl methyl sites for hydroxylation is 3. The Morgan fingerprint density at radius 2 is 1.69 bits per heavy atom. The SMILES string of the molecule is C=C/C=C(\C=C)NCC#Cc1cc(C)c(O)c(CN2CCC(NC(=O)CCCCCCCNC(C)=O)CC2)c1.CC.Cc1sc2c(c1C)C(c1ccc(Cl)cc1)=NCc1nnc(C)n1-2. The number of unbranched alkanes of at least 4 members (excludes halogenated alkanes) is 4. The molecule has 2 aromatic carbocycles. The van der Waals surface area contributed by atoms with E-state index in [2.05, 4.69) is 74.5 Å². The molecule has 4 aromatic rings. The van der Waals surface area contributed by atoms with Gasteiger partial charge in [-0.25, -0.2) is 0 Å². The third-order valence-corrected chi connectivity index (χ3v) is 12.5. The molecule has 2 aliphatic rings. The van der Waals surface area contributed by atoms with Crippen molar-refractivity contribution in [2.24, 2.45) is 4.99 Å². The van der Waals surface area contributed by atoms with Crippen molar-refractivity contribution in [2.45, 2.75) is 119 Å². The van der Waals surface area contributed by atoms with Crippen molar-refractivity contribution in [3.05, 3.63) is 128 Å². The summed E-state index contributed by atoms with van der Waals surface area (Å²) in [5.74, 6) is 8.58. The highest BCUT2D eigenvalue weighted by Crippen LogP contribution is 2.36. The Balaban J connectivity index is 0.000000302. The summed E-state index contributed by atoms with van der Waals surface area (Å²) < 4.78 is 2.13. The Labute approximate surface area is 390 Å². The van der Waals surface area contributed by atoms with Gasteiger partial charge in [0.1, 0.15) is 23.1 Å². The van der Waals surface area contributed by atoms with Crippen molar-refractivity contribution < 1.29 is 14.7 Å². The lowest BCUT2D eigenvalue weighted by molar-refractivity contribution is -0.122. The fraction of sp³-hybridized carbons (Fsp3) is 0.431. The van der Waals surface area contributed by atoms with Gasteiger partial charge in [-0.2, -0.15) is 0 Å². The minimum Gasteiger partial charge on any atom is -0.507 e. The second-order valence-electron chi connectivity index (χ2n) is 15.8. The van der Waals surface area contributed by atoms with Crippen LogP contribution in [0, 0.1) is 39.5 Å². The predicted molar refractivity (Wildman–Crippen MR) is 265 cm³/mol.